The van der Waals surface area contributed by atoms with Crippen molar-refractivity contribution in [2.24, 2.45) is 0 Å². The first-order valence-electron chi connectivity index (χ1n) is 9.20. The standard InChI is InChI=1S/C25H16Cl2O3/c26-23-7-3-1-5-21(23)17-9-13-19(14-10-17)29-25(28)30-20-15-11-18(12-16-20)22-6-2-4-8-24(22)27/h1-16H. The van der Waals surface area contributed by atoms with Gasteiger partial charge in [-0.05, 0) is 47.5 Å². The molecular weight excluding hydrogens is 419 g/mol. The fourth-order valence-corrected chi connectivity index (χ4v) is 3.50. The molecule has 0 aromatic heterocycles. The van der Waals surface area contributed by atoms with Crippen molar-refractivity contribution in [2.45, 2.75) is 0 Å². The highest BCUT2D eigenvalue weighted by Gasteiger charge is 2.10. The Hall–Kier alpha value is -3.27. The zero-order valence-electron chi connectivity index (χ0n) is 15.7. The Kier molecular flexibility index (Phi) is 6.03. The summed E-state index contributed by atoms with van der Waals surface area (Å²) in [5, 5.41) is 1.32. The van der Waals surface area contributed by atoms with E-state index in [2.05, 4.69) is 0 Å². The molecule has 0 aliphatic heterocycles. The van der Waals surface area contributed by atoms with Gasteiger partial charge in [-0.2, -0.15) is 0 Å². The molecule has 0 N–H and O–H groups in total. The first-order valence-corrected chi connectivity index (χ1v) is 9.95. The third kappa shape index (κ3) is 4.65. The van der Waals surface area contributed by atoms with Crippen molar-refractivity contribution >= 4 is 29.4 Å². The molecule has 0 spiro atoms. The van der Waals surface area contributed by atoms with Crippen LogP contribution in [0, 0.1) is 0 Å². The maximum Gasteiger partial charge on any atom is 0.519 e. The minimum atomic E-state index is -0.814. The molecular formula is C25H16Cl2O3. The second kappa shape index (κ2) is 9.04. The molecule has 0 bridgehead atoms. The normalized spacial score (nSPS) is 10.5. The molecule has 0 fully saturated rings. The van der Waals surface area contributed by atoms with Crippen molar-refractivity contribution in [1.82, 2.24) is 0 Å². The molecule has 30 heavy (non-hydrogen) atoms. The zero-order chi connectivity index (χ0) is 20.9. The van der Waals surface area contributed by atoms with E-state index in [1.807, 2.05) is 72.8 Å². The summed E-state index contributed by atoms with van der Waals surface area (Å²) in [4.78, 5) is 12.1. The average Bonchev–Trinajstić information content (AvgIpc) is 2.76. The van der Waals surface area contributed by atoms with Crippen molar-refractivity contribution in [2.75, 3.05) is 0 Å². The highest BCUT2D eigenvalue weighted by atomic mass is 35.5. The second-order valence-electron chi connectivity index (χ2n) is 6.46. The number of hydrogen-bond donors (Lipinski definition) is 0. The van der Waals surface area contributed by atoms with Gasteiger partial charge in [-0.3, -0.25) is 0 Å². The van der Waals surface area contributed by atoms with Gasteiger partial charge in [0.2, 0.25) is 0 Å². The fraction of sp³-hybridized carbons (Fsp3) is 0. The van der Waals surface area contributed by atoms with Crippen molar-refractivity contribution < 1.29 is 14.3 Å². The van der Waals surface area contributed by atoms with Crippen molar-refractivity contribution in [3.8, 4) is 33.8 Å². The maximum atomic E-state index is 12.1. The Labute approximate surface area is 184 Å². The minimum Gasteiger partial charge on any atom is -0.395 e. The molecule has 0 saturated heterocycles. The van der Waals surface area contributed by atoms with E-state index in [0.29, 0.717) is 21.5 Å². The van der Waals surface area contributed by atoms with E-state index in [1.54, 1.807) is 24.3 Å². The third-order valence-corrected chi connectivity index (χ3v) is 5.14. The van der Waals surface area contributed by atoms with Crippen LogP contribution in [0.4, 0.5) is 4.79 Å². The van der Waals surface area contributed by atoms with Gasteiger partial charge in [0.15, 0.2) is 0 Å². The van der Waals surface area contributed by atoms with Crippen LogP contribution in [-0.2, 0) is 0 Å². The lowest BCUT2D eigenvalue weighted by atomic mass is 10.1. The van der Waals surface area contributed by atoms with Crippen LogP contribution in [0.2, 0.25) is 10.0 Å². The number of halogens is 2. The Balaban J connectivity index is 1.40. The van der Waals surface area contributed by atoms with Gasteiger partial charge in [-0.1, -0.05) is 83.9 Å². The lowest BCUT2D eigenvalue weighted by Crippen LogP contribution is -2.13. The molecule has 0 aliphatic carbocycles. The SMILES string of the molecule is O=C(Oc1ccc(-c2ccccc2Cl)cc1)Oc1ccc(-c2ccccc2Cl)cc1. The summed E-state index contributed by atoms with van der Waals surface area (Å²) in [5.41, 5.74) is 3.67. The molecule has 0 aliphatic rings. The Morgan fingerprint density at radius 3 is 1.27 bits per heavy atom. The molecule has 0 saturated carbocycles. The van der Waals surface area contributed by atoms with E-state index in [1.165, 1.54) is 0 Å². The monoisotopic (exact) mass is 434 g/mol. The molecule has 4 aromatic carbocycles. The Bertz CT molecular complexity index is 1080. The predicted molar refractivity (Wildman–Crippen MR) is 120 cm³/mol. The predicted octanol–water partition coefficient (Wildman–Crippen LogP) is 7.91. The first kappa shape index (κ1) is 20.0. The summed E-state index contributed by atoms with van der Waals surface area (Å²) in [7, 11) is 0. The summed E-state index contributed by atoms with van der Waals surface area (Å²) in [6.45, 7) is 0. The van der Waals surface area contributed by atoms with E-state index in [0.717, 1.165) is 22.3 Å². The molecule has 0 unspecified atom stereocenters. The van der Waals surface area contributed by atoms with Gasteiger partial charge in [0.1, 0.15) is 11.5 Å². The van der Waals surface area contributed by atoms with Crippen LogP contribution in [0.25, 0.3) is 22.3 Å². The van der Waals surface area contributed by atoms with Gasteiger partial charge in [0.25, 0.3) is 0 Å². The lowest BCUT2D eigenvalue weighted by Gasteiger charge is -2.08. The average molecular weight is 435 g/mol. The molecule has 0 heterocycles. The molecule has 0 amide bonds. The smallest absolute Gasteiger partial charge is 0.395 e. The zero-order valence-corrected chi connectivity index (χ0v) is 17.2. The quantitative estimate of drug-likeness (QED) is 0.241. The van der Waals surface area contributed by atoms with Crippen molar-refractivity contribution in [3.63, 3.8) is 0 Å². The van der Waals surface area contributed by atoms with Crippen LogP contribution in [0.1, 0.15) is 0 Å². The van der Waals surface area contributed by atoms with Crippen LogP contribution in [-0.4, -0.2) is 6.16 Å². The van der Waals surface area contributed by atoms with E-state index in [4.69, 9.17) is 32.7 Å². The molecule has 3 nitrogen and oxygen atoms in total. The molecule has 148 valence electrons. The first-order chi connectivity index (χ1) is 14.6. The summed E-state index contributed by atoms with van der Waals surface area (Å²) < 4.78 is 10.5. The van der Waals surface area contributed by atoms with E-state index >= 15 is 0 Å². The lowest BCUT2D eigenvalue weighted by molar-refractivity contribution is 0.152. The summed E-state index contributed by atoms with van der Waals surface area (Å²) in [5.74, 6) is 0.756. The number of rotatable bonds is 4. The topological polar surface area (TPSA) is 35.5 Å². The van der Waals surface area contributed by atoms with E-state index in [-0.39, 0.29) is 0 Å². The van der Waals surface area contributed by atoms with Crippen LogP contribution in [0.5, 0.6) is 11.5 Å². The highest BCUT2D eigenvalue weighted by Crippen LogP contribution is 2.30. The summed E-state index contributed by atoms with van der Waals surface area (Å²) in [6.07, 6.45) is -0.814. The van der Waals surface area contributed by atoms with Crippen LogP contribution in [0.3, 0.4) is 0 Å². The van der Waals surface area contributed by atoms with Crippen molar-refractivity contribution in [3.05, 3.63) is 107 Å². The van der Waals surface area contributed by atoms with Crippen LogP contribution in [0.15, 0.2) is 97.1 Å². The summed E-state index contributed by atoms with van der Waals surface area (Å²) in [6, 6.07) is 29.2. The van der Waals surface area contributed by atoms with Crippen molar-refractivity contribution in [1.29, 1.82) is 0 Å². The summed E-state index contributed by atoms with van der Waals surface area (Å²) >= 11 is 12.4. The van der Waals surface area contributed by atoms with Crippen LogP contribution >= 0.6 is 23.2 Å². The van der Waals surface area contributed by atoms with Gasteiger partial charge < -0.3 is 9.47 Å². The van der Waals surface area contributed by atoms with Gasteiger partial charge >= 0.3 is 6.16 Å². The number of carbonyl (C=O) groups is 1. The highest BCUT2D eigenvalue weighted by molar-refractivity contribution is 6.33. The van der Waals surface area contributed by atoms with Gasteiger partial charge in [0.05, 0.1) is 0 Å². The number of carbonyl (C=O) groups excluding carboxylic acids is 1. The van der Waals surface area contributed by atoms with Gasteiger partial charge in [-0.25, -0.2) is 4.79 Å². The molecule has 4 rings (SSSR count). The third-order valence-electron chi connectivity index (χ3n) is 4.48. The second-order valence-corrected chi connectivity index (χ2v) is 7.28. The van der Waals surface area contributed by atoms with Gasteiger partial charge in [0, 0.05) is 21.2 Å². The number of benzene rings is 4. The number of hydrogen-bond acceptors (Lipinski definition) is 3. The molecule has 5 heteroatoms. The Morgan fingerprint density at radius 1 is 0.533 bits per heavy atom. The molecule has 0 radical (unpaired) electrons. The fourth-order valence-electron chi connectivity index (χ4n) is 3.01. The van der Waals surface area contributed by atoms with E-state index in [9.17, 15) is 4.79 Å². The number of ether oxygens (including phenoxy) is 2. The maximum absolute atomic E-state index is 12.1. The molecule has 0 atom stereocenters. The Morgan fingerprint density at radius 2 is 0.900 bits per heavy atom. The van der Waals surface area contributed by atoms with Gasteiger partial charge in [-0.15, -0.1) is 0 Å². The van der Waals surface area contributed by atoms with E-state index < -0.39 is 6.16 Å². The molecule has 4 aromatic rings. The minimum absolute atomic E-state index is 0.378. The van der Waals surface area contributed by atoms with Crippen LogP contribution < -0.4 is 9.47 Å². The largest absolute Gasteiger partial charge is 0.519 e.